The van der Waals surface area contributed by atoms with Gasteiger partial charge >= 0.3 is 5.97 Å². The maximum absolute atomic E-state index is 12.0. The lowest BCUT2D eigenvalue weighted by molar-refractivity contribution is -0.200. The lowest BCUT2D eigenvalue weighted by atomic mass is 9.94. The van der Waals surface area contributed by atoms with E-state index in [1.165, 1.54) is 12.8 Å². The molecule has 0 N–H and O–H groups in total. The van der Waals surface area contributed by atoms with Crippen LogP contribution in [0.25, 0.3) is 0 Å². The molecule has 0 aromatic carbocycles. The van der Waals surface area contributed by atoms with Crippen molar-refractivity contribution in [3.05, 3.63) is 12.2 Å². The summed E-state index contributed by atoms with van der Waals surface area (Å²) in [6.07, 6.45) is 10.2. The zero-order valence-electron chi connectivity index (χ0n) is 9.60. The van der Waals surface area contributed by atoms with E-state index in [1.807, 2.05) is 5.06 Å². The second kappa shape index (κ2) is 4.21. The van der Waals surface area contributed by atoms with E-state index in [2.05, 4.69) is 12.2 Å². The summed E-state index contributed by atoms with van der Waals surface area (Å²) in [7, 11) is 0. The third-order valence-corrected chi connectivity index (χ3v) is 4.12. The molecule has 2 fully saturated rings. The summed E-state index contributed by atoms with van der Waals surface area (Å²) in [6.45, 7) is 1.84. The summed E-state index contributed by atoms with van der Waals surface area (Å²) in [5, 5.41) is 1.86. The minimum atomic E-state index is 0.0127. The highest BCUT2D eigenvalue weighted by Crippen LogP contribution is 2.43. The molecule has 1 saturated carbocycles. The standard InChI is InChI=1S/C13H19NO2/c15-13(16-14-6-2-1-3-7-14)12-9-10-4-5-11(12)8-10/h4-5,10-12H,1-3,6-9H2. The molecule has 3 unspecified atom stereocenters. The Hall–Kier alpha value is -0.830. The molecule has 1 heterocycles. The van der Waals surface area contributed by atoms with Crippen molar-refractivity contribution in [2.75, 3.05) is 13.1 Å². The summed E-state index contributed by atoms with van der Waals surface area (Å²) < 4.78 is 0. The zero-order chi connectivity index (χ0) is 11.0. The number of hydrogen-bond donors (Lipinski definition) is 0. The molecule has 3 rings (SSSR count). The van der Waals surface area contributed by atoms with Crippen molar-refractivity contribution in [3.8, 4) is 0 Å². The van der Waals surface area contributed by atoms with Gasteiger partial charge in [0, 0.05) is 13.1 Å². The summed E-state index contributed by atoms with van der Waals surface area (Å²) in [5.41, 5.74) is 0. The van der Waals surface area contributed by atoms with Crippen LogP contribution in [-0.2, 0) is 9.63 Å². The molecule has 0 aromatic rings. The van der Waals surface area contributed by atoms with E-state index in [0.29, 0.717) is 11.8 Å². The van der Waals surface area contributed by atoms with Crippen molar-refractivity contribution < 1.29 is 9.63 Å². The molecule has 0 spiro atoms. The SMILES string of the molecule is O=C(ON1CCCCC1)C1CC2C=CC1C2. The van der Waals surface area contributed by atoms with Gasteiger partial charge in [-0.05, 0) is 37.5 Å². The van der Waals surface area contributed by atoms with E-state index in [-0.39, 0.29) is 11.9 Å². The second-order valence-electron chi connectivity index (χ2n) is 5.29. The van der Waals surface area contributed by atoms with Gasteiger partial charge in [0.15, 0.2) is 0 Å². The smallest absolute Gasteiger partial charge is 0.328 e. The quantitative estimate of drug-likeness (QED) is 0.669. The van der Waals surface area contributed by atoms with Crippen molar-refractivity contribution in [1.29, 1.82) is 0 Å². The van der Waals surface area contributed by atoms with Gasteiger partial charge in [-0.2, -0.15) is 0 Å². The maximum atomic E-state index is 12.0. The van der Waals surface area contributed by atoms with Gasteiger partial charge in [-0.15, -0.1) is 5.06 Å². The molecule has 3 heteroatoms. The fraction of sp³-hybridized carbons (Fsp3) is 0.769. The fourth-order valence-electron chi connectivity index (χ4n) is 3.20. The van der Waals surface area contributed by atoms with Crippen LogP contribution in [0.1, 0.15) is 32.1 Å². The Morgan fingerprint density at radius 1 is 1.12 bits per heavy atom. The predicted octanol–water partition coefficient (Wildman–Crippen LogP) is 2.14. The molecule has 0 amide bonds. The Morgan fingerprint density at radius 3 is 2.56 bits per heavy atom. The van der Waals surface area contributed by atoms with E-state index < -0.39 is 0 Å². The highest BCUT2D eigenvalue weighted by atomic mass is 16.7. The molecule has 16 heavy (non-hydrogen) atoms. The first-order valence-corrected chi connectivity index (χ1v) is 6.48. The normalized spacial score (nSPS) is 37.9. The Balaban J connectivity index is 1.55. The molecule has 3 nitrogen and oxygen atoms in total. The van der Waals surface area contributed by atoms with Crippen LogP contribution in [-0.4, -0.2) is 24.1 Å². The van der Waals surface area contributed by atoms with Gasteiger partial charge in [-0.3, -0.25) is 4.79 Å². The van der Waals surface area contributed by atoms with Crippen molar-refractivity contribution >= 4 is 5.97 Å². The molecule has 1 aliphatic heterocycles. The summed E-state index contributed by atoms with van der Waals surface area (Å²) in [4.78, 5) is 17.5. The Labute approximate surface area is 96.4 Å². The van der Waals surface area contributed by atoms with Gasteiger partial charge in [0.05, 0.1) is 5.92 Å². The number of hydroxylamine groups is 2. The molecule has 2 aliphatic carbocycles. The first-order chi connectivity index (χ1) is 7.83. The third-order valence-electron chi connectivity index (χ3n) is 4.12. The monoisotopic (exact) mass is 221 g/mol. The number of piperidine rings is 1. The van der Waals surface area contributed by atoms with Crippen LogP contribution in [0.5, 0.6) is 0 Å². The molecule has 0 aromatic heterocycles. The minimum absolute atomic E-state index is 0.0127. The van der Waals surface area contributed by atoms with Gasteiger partial charge in [0.2, 0.25) is 0 Å². The lowest BCUT2D eigenvalue weighted by Gasteiger charge is -2.27. The van der Waals surface area contributed by atoms with E-state index in [9.17, 15) is 4.79 Å². The number of hydrogen-bond acceptors (Lipinski definition) is 3. The Kier molecular flexibility index (Phi) is 2.72. The molecule has 88 valence electrons. The van der Waals surface area contributed by atoms with Crippen molar-refractivity contribution in [2.24, 2.45) is 17.8 Å². The van der Waals surface area contributed by atoms with Crippen LogP contribution in [0.15, 0.2) is 12.2 Å². The van der Waals surface area contributed by atoms with Gasteiger partial charge < -0.3 is 4.84 Å². The molecule has 1 saturated heterocycles. The topological polar surface area (TPSA) is 29.5 Å². The molecule has 2 bridgehead atoms. The summed E-state index contributed by atoms with van der Waals surface area (Å²) in [6, 6.07) is 0. The van der Waals surface area contributed by atoms with Gasteiger partial charge in [-0.25, -0.2) is 0 Å². The van der Waals surface area contributed by atoms with Crippen molar-refractivity contribution in [2.45, 2.75) is 32.1 Å². The average Bonchev–Trinajstić information content (AvgIpc) is 2.92. The maximum Gasteiger partial charge on any atom is 0.328 e. The number of nitrogens with zero attached hydrogens (tertiary/aromatic N) is 1. The Morgan fingerprint density at radius 2 is 1.94 bits per heavy atom. The Bertz CT molecular complexity index is 307. The molecule has 0 radical (unpaired) electrons. The van der Waals surface area contributed by atoms with Crippen LogP contribution in [0.2, 0.25) is 0 Å². The van der Waals surface area contributed by atoms with Gasteiger partial charge in [0.1, 0.15) is 0 Å². The fourth-order valence-corrected chi connectivity index (χ4v) is 3.20. The van der Waals surface area contributed by atoms with E-state index in [1.54, 1.807) is 0 Å². The first kappa shape index (κ1) is 10.3. The van der Waals surface area contributed by atoms with Crippen LogP contribution < -0.4 is 0 Å². The summed E-state index contributed by atoms with van der Waals surface area (Å²) >= 11 is 0. The van der Waals surface area contributed by atoms with Crippen LogP contribution in [0.3, 0.4) is 0 Å². The highest BCUT2D eigenvalue weighted by Gasteiger charge is 2.41. The van der Waals surface area contributed by atoms with Crippen LogP contribution in [0, 0.1) is 17.8 Å². The number of carbonyl (C=O) groups excluding carboxylic acids is 1. The second-order valence-corrected chi connectivity index (χ2v) is 5.29. The van der Waals surface area contributed by atoms with Crippen LogP contribution in [0.4, 0.5) is 0 Å². The van der Waals surface area contributed by atoms with Crippen molar-refractivity contribution in [3.63, 3.8) is 0 Å². The van der Waals surface area contributed by atoms with E-state index in [0.717, 1.165) is 32.4 Å². The molecular formula is C13H19NO2. The van der Waals surface area contributed by atoms with Gasteiger partial charge in [0.25, 0.3) is 0 Å². The predicted molar refractivity (Wildman–Crippen MR) is 60.4 cm³/mol. The lowest BCUT2D eigenvalue weighted by Crippen LogP contribution is -2.35. The number of fused-ring (bicyclic) bond motifs is 2. The van der Waals surface area contributed by atoms with Crippen LogP contribution >= 0.6 is 0 Å². The van der Waals surface area contributed by atoms with Crippen molar-refractivity contribution in [1.82, 2.24) is 5.06 Å². The average molecular weight is 221 g/mol. The number of allylic oxidation sites excluding steroid dienone is 2. The summed E-state index contributed by atoms with van der Waals surface area (Å²) in [5.74, 6) is 1.25. The zero-order valence-corrected chi connectivity index (χ0v) is 9.60. The molecule has 3 atom stereocenters. The minimum Gasteiger partial charge on any atom is -0.368 e. The first-order valence-electron chi connectivity index (χ1n) is 6.48. The van der Waals surface area contributed by atoms with E-state index >= 15 is 0 Å². The number of carbonyl (C=O) groups is 1. The molecular weight excluding hydrogens is 202 g/mol. The number of rotatable bonds is 2. The van der Waals surface area contributed by atoms with E-state index in [4.69, 9.17) is 4.84 Å². The largest absolute Gasteiger partial charge is 0.368 e. The third kappa shape index (κ3) is 1.88. The van der Waals surface area contributed by atoms with Gasteiger partial charge in [-0.1, -0.05) is 18.6 Å². The molecule has 3 aliphatic rings. The highest BCUT2D eigenvalue weighted by molar-refractivity contribution is 5.73.